The first-order chi connectivity index (χ1) is 10.3. The van der Waals surface area contributed by atoms with E-state index in [1.165, 1.54) is 0 Å². The lowest BCUT2D eigenvalue weighted by Crippen LogP contribution is -2.43. The maximum atomic E-state index is 5.74. The summed E-state index contributed by atoms with van der Waals surface area (Å²) in [6, 6.07) is 8.05. The van der Waals surface area contributed by atoms with Crippen molar-refractivity contribution in [3.63, 3.8) is 0 Å². The van der Waals surface area contributed by atoms with Gasteiger partial charge in [0.15, 0.2) is 5.82 Å². The van der Waals surface area contributed by atoms with Crippen molar-refractivity contribution in [3.05, 3.63) is 46.7 Å². The quantitative estimate of drug-likeness (QED) is 0.918. The Morgan fingerprint density at radius 3 is 2.90 bits per heavy atom. The summed E-state index contributed by atoms with van der Waals surface area (Å²) in [5, 5.41) is 3.33. The maximum Gasteiger partial charge on any atom is 0.234 e. The van der Waals surface area contributed by atoms with Crippen molar-refractivity contribution < 1.29 is 4.74 Å². The molecule has 1 saturated heterocycles. The summed E-state index contributed by atoms with van der Waals surface area (Å²) in [5.74, 6) is 1.44. The average molecular weight is 349 g/mol. The number of nitrogens with one attached hydrogen (secondary N) is 1. The monoisotopic (exact) mass is 348 g/mol. The Kier molecular flexibility index (Phi) is 4.67. The second-order valence-electron chi connectivity index (χ2n) is 4.87. The zero-order valence-corrected chi connectivity index (χ0v) is 13.2. The molecule has 0 amide bonds. The zero-order valence-electron chi connectivity index (χ0n) is 11.6. The van der Waals surface area contributed by atoms with E-state index in [4.69, 9.17) is 4.74 Å². The second-order valence-corrected chi connectivity index (χ2v) is 5.79. The van der Waals surface area contributed by atoms with Gasteiger partial charge >= 0.3 is 0 Å². The first kappa shape index (κ1) is 14.3. The fourth-order valence-corrected chi connectivity index (χ4v) is 2.68. The van der Waals surface area contributed by atoms with Crippen molar-refractivity contribution in [1.82, 2.24) is 15.3 Å². The third kappa shape index (κ3) is 3.92. The molecular formula is C15H17BrN4O. The molecule has 1 fully saturated rings. The fourth-order valence-electron chi connectivity index (χ4n) is 2.24. The van der Waals surface area contributed by atoms with Crippen LogP contribution in [0.2, 0.25) is 0 Å². The molecule has 1 aromatic heterocycles. The topological polar surface area (TPSA) is 50.3 Å². The van der Waals surface area contributed by atoms with Gasteiger partial charge in [-0.2, -0.15) is 4.98 Å². The van der Waals surface area contributed by atoms with Crippen LogP contribution in [0.25, 0.3) is 0 Å². The molecule has 2 heterocycles. The standard InChI is InChI=1S/C15H17BrN4O/c16-13-3-1-2-12(8-13)11-21-15-10-18-9-14(19-15)20-6-4-17-5-7-20/h1-3,8-10,17H,4-7,11H2. The van der Waals surface area contributed by atoms with E-state index in [1.807, 2.05) is 24.3 Å². The van der Waals surface area contributed by atoms with E-state index in [1.54, 1.807) is 12.4 Å². The lowest BCUT2D eigenvalue weighted by atomic mass is 10.2. The summed E-state index contributed by atoms with van der Waals surface area (Å²) in [4.78, 5) is 11.0. The lowest BCUT2D eigenvalue weighted by molar-refractivity contribution is 0.292. The van der Waals surface area contributed by atoms with Gasteiger partial charge in [-0.1, -0.05) is 28.1 Å². The Morgan fingerprint density at radius 1 is 1.24 bits per heavy atom. The summed E-state index contributed by atoms with van der Waals surface area (Å²) in [6.45, 7) is 4.34. The average Bonchev–Trinajstić information content (AvgIpc) is 2.54. The number of rotatable bonds is 4. The number of nitrogens with zero attached hydrogens (tertiary/aromatic N) is 3. The number of ether oxygens (including phenoxy) is 1. The summed E-state index contributed by atoms with van der Waals surface area (Å²) in [7, 11) is 0. The highest BCUT2D eigenvalue weighted by Gasteiger charge is 2.12. The third-order valence-electron chi connectivity index (χ3n) is 3.32. The van der Waals surface area contributed by atoms with E-state index < -0.39 is 0 Å². The van der Waals surface area contributed by atoms with Crippen LogP contribution in [-0.2, 0) is 6.61 Å². The normalized spacial score (nSPS) is 15.0. The summed E-state index contributed by atoms with van der Waals surface area (Å²) < 4.78 is 6.79. The molecular weight excluding hydrogens is 332 g/mol. The van der Waals surface area contributed by atoms with Crippen LogP contribution in [0.3, 0.4) is 0 Å². The van der Waals surface area contributed by atoms with Crippen molar-refractivity contribution >= 4 is 21.7 Å². The molecule has 110 valence electrons. The SMILES string of the molecule is Brc1cccc(COc2cncc(N3CCNCC3)n2)c1. The Morgan fingerprint density at radius 2 is 2.10 bits per heavy atom. The summed E-state index contributed by atoms with van der Waals surface area (Å²) >= 11 is 3.46. The number of aromatic nitrogens is 2. The molecule has 0 aliphatic carbocycles. The van der Waals surface area contributed by atoms with E-state index >= 15 is 0 Å². The van der Waals surface area contributed by atoms with Gasteiger partial charge in [0.2, 0.25) is 5.88 Å². The molecule has 1 aromatic carbocycles. The predicted octanol–water partition coefficient (Wildman–Crippen LogP) is 2.23. The largest absolute Gasteiger partial charge is 0.472 e. The summed E-state index contributed by atoms with van der Waals surface area (Å²) in [6.07, 6.45) is 3.45. The van der Waals surface area contributed by atoms with Gasteiger partial charge in [-0.15, -0.1) is 0 Å². The first-order valence-corrected chi connectivity index (χ1v) is 7.75. The van der Waals surface area contributed by atoms with E-state index in [0.717, 1.165) is 42.0 Å². The van der Waals surface area contributed by atoms with Crippen molar-refractivity contribution in [2.75, 3.05) is 31.1 Å². The highest BCUT2D eigenvalue weighted by atomic mass is 79.9. The second kappa shape index (κ2) is 6.87. The van der Waals surface area contributed by atoms with E-state index in [2.05, 4.69) is 36.1 Å². The van der Waals surface area contributed by atoms with Crippen LogP contribution < -0.4 is 15.0 Å². The third-order valence-corrected chi connectivity index (χ3v) is 3.81. The minimum Gasteiger partial charge on any atom is -0.472 e. The predicted molar refractivity (Wildman–Crippen MR) is 85.6 cm³/mol. The first-order valence-electron chi connectivity index (χ1n) is 6.96. The number of anilines is 1. The van der Waals surface area contributed by atoms with Crippen LogP contribution in [0.4, 0.5) is 5.82 Å². The fraction of sp³-hybridized carbons (Fsp3) is 0.333. The van der Waals surface area contributed by atoms with Crippen molar-refractivity contribution in [3.8, 4) is 5.88 Å². The Bertz CT molecular complexity index is 602. The molecule has 1 N–H and O–H groups in total. The highest BCUT2D eigenvalue weighted by molar-refractivity contribution is 9.10. The number of hydrogen-bond acceptors (Lipinski definition) is 5. The van der Waals surface area contributed by atoms with Crippen molar-refractivity contribution in [2.24, 2.45) is 0 Å². The van der Waals surface area contributed by atoms with Gasteiger partial charge in [-0.25, -0.2) is 0 Å². The van der Waals surface area contributed by atoms with E-state index in [0.29, 0.717) is 12.5 Å². The van der Waals surface area contributed by atoms with Gasteiger partial charge in [0.25, 0.3) is 0 Å². The molecule has 21 heavy (non-hydrogen) atoms. The van der Waals surface area contributed by atoms with Crippen LogP contribution in [0.5, 0.6) is 5.88 Å². The lowest BCUT2D eigenvalue weighted by Gasteiger charge is -2.28. The number of hydrogen-bond donors (Lipinski definition) is 1. The number of piperazine rings is 1. The molecule has 0 spiro atoms. The molecule has 0 unspecified atom stereocenters. The van der Waals surface area contributed by atoms with Crippen LogP contribution >= 0.6 is 15.9 Å². The van der Waals surface area contributed by atoms with Crippen LogP contribution in [0.15, 0.2) is 41.1 Å². The van der Waals surface area contributed by atoms with Gasteiger partial charge in [-0.3, -0.25) is 4.98 Å². The zero-order chi connectivity index (χ0) is 14.5. The number of benzene rings is 1. The molecule has 3 rings (SSSR count). The molecule has 0 saturated carbocycles. The Hall–Kier alpha value is -1.66. The Balaban J connectivity index is 1.65. The minimum absolute atomic E-state index is 0.485. The molecule has 0 radical (unpaired) electrons. The molecule has 5 nitrogen and oxygen atoms in total. The molecule has 0 bridgehead atoms. The minimum atomic E-state index is 0.485. The van der Waals surface area contributed by atoms with Gasteiger partial charge in [0.1, 0.15) is 6.61 Å². The molecule has 1 aliphatic heterocycles. The van der Waals surface area contributed by atoms with Crippen molar-refractivity contribution in [2.45, 2.75) is 6.61 Å². The van der Waals surface area contributed by atoms with Crippen LogP contribution in [0, 0.1) is 0 Å². The van der Waals surface area contributed by atoms with Gasteiger partial charge in [0, 0.05) is 30.7 Å². The van der Waals surface area contributed by atoms with Crippen LogP contribution in [0.1, 0.15) is 5.56 Å². The van der Waals surface area contributed by atoms with Gasteiger partial charge in [0.05, 0.1) is 12.4 Å². The molecule has 6 heteroatoms. The van der Waals surface area contributed by atoms with Crippen molar-refractivity contribution in [1.29, 1.82) is 0 Å². The smallest absolute Gasteiger partial charge is 0.234 e. The van der Waals surface area contributed by atoms with E-state index in [-0.39, 0.29) is 0 Å². The Labute approximate surface area is 132 Å². The molecule has 0 atom stereocenters. The van der Waals surface area contributed by atoms with E-state index in [9.17, 15) is 0 Å². The highest BCUT2D eigenvalue weighted by Crippen LogP contribution is 2.17. The van der Waals surface area contributed by atoms with Gasteiger partial charge < -0.3 is 15.0 Å². The molecule has 1 aliphatic rings. The van der Waals surface area contributed by atoms with Gasteiger partial charge in [-0.05, 0) is 17.7 Å². The summed E-state index contributed by atoms with van der Waals surface area (Å²) in [5.41, 5.74) is 1.10. The van der Waals surface area contributed by atoms with Crippen LogP contribution in [-0.4, -0.2) is 36.1 Å². The number of halogens is 1. The molecule has 2 aromatic rings. The maximum absolute atomic E-state index is 5.74.